The summed E-state index contributed by atoms with van der Waals surface area (Å²) in [5.41, 5.74) is 9.43. The van der Waals surface area contributed by atoms with Crippen molar-refractivity contribution in [2.45, 2.75) is 26.3 Å². The number of carbonyl (C=O) groups is 1. The Labute approximate surface area is 124 Å². The first-order chi connectivity index (χ1) is 10.1. The lowest BCUT2D eigenvalue weighted by atomic mass is 10.1. The first kappa shape index (κ1) is 15.2. The van der Waals surface area contributed by atoms with Crippen molar-refractivity contribution in [1.82, 2.24) is 4.90 Å². The van der Waals surface area contributed by atoms with E-state index in [-0.39, 0.29) is 17.9 Å². The van der Waals surface area contributed by atoms with Crippen molar-refractivity contribution in [3.8, 4) is 5.75 Å². The van der Waals surface area contributed by atoms with Crippen molar-refractivity contribution >= 4 is 5.91 Å². The van der Waals surface area contributed by atoms with Gasteiger partial charge in [0.2, 0.25) is 5.91 Å². The minimum atomic E-state index is 0.00757. The number of para-hydroxylation sites is 1. The monoisotopic (exact) mass is 288 g/mol. The van der Waals surface area contributed by atoms with E-state index in [9.17, 15) is 4.79 Å². The van der Waals surface area contributed by atoms with Crippen molar-refractivity contribution in [3.63, 3.8) is 0 Å². The molecular formula is C15H20N4O2. The second-order valence-electron chi connectivity index (χ2n) is 5.46. The predicted octanol–water partition coefficient (Wildman–Crippen LogP) is 2.92. The Morgan fingerprint density at radius 1 is 1.52 bits per heavy atom. The van der Waals surface area contributed by atoms with E-state index in [0.717, 1.165) is 11.3 Å². The molecule has 0 N–H and O–H groups in total. The van der Waals surface area contributed by atoms with Gasteiger partial charge in [-0.2, -0.15) is 0 Å². The third-order valence-electron chi connectivity index (χ3n) is 3.75. The highest BCUT2D eigenvalue weighted by atomic mass is 16.5. The van der Waals surface area contributed by atoms with Crippen LogP contribution in [0.2, 0.25) is 0 Å². The number of aryl methyl sites for hydroxylation is 1. The van der Waals surface area contributed by atoms with Crippen LogP contribution >= 0.6 is 0 Å². The predicted molar refractivity (Wildman–Crippen MR) is 80.0 cm³/mol. The maximum absolute atomic E-state index is 12.0. The van der Waals surface area contributed by atoms with Crippen LogP contribution in [-0.4, -0.2) is 36.5 Å². The van der Waals surface area contributed by atoms with Crippen LogP contribution in [0.5, 0.6) is 5.75 Å². The van der Waals surface area contributed by atoms with E-state index in [1.54, 1.807) is 0 Å². The van der Waals surface area contributed by atoms with Gasteiger partial charge in [-0.25, -0.2) is 0 Å². The summed E-state index contributed by atoms with van der Waals surface area (Å²) in [6.07, 6.45) is 0.452. The van der Waals surface area contributed by atoms with Gasteiger partial charge in [0.1, 0.15) is 12.4 Å². The summed E-state index contributed by atoms with van der Waals surface area (Å²) in [6.45, 7) is 5.45. The average molecular weight is 288 g/mol. The molecule has 1 aromatic rings. The zero-order valence-electron chi connectivity index (χ0n) is 12.4. The van der Waals surface area contributed by atoms with Gasteiger partial charge in [0.15, 0.2) is 0 Å². The zero-order chi connectivity index (χ0) is 15.2. The lowest BCUT2D eigenvalue weighted by molar-refractivity contribution is -0.129. The average Bonchev–Trinajstić information content (AvgIpc) is 2.85. The van der Waals surface area contributed by atoms with E-state index >= 15 is 0 Å². The molecule has 1 saturated heterocycles. The zero-order valence-corrected chi connectivity index (χ0v) is 12.4. The standard InChI is InChI=1S/C15H20N4O2/c1-11-5-3-4-6-14(11)21-10-12(2)19-9-13(7-15(19)20)8-17-18-16/h3-6,12-13H,7-10H2,1-2H3. The highest BCUT2D eigenvalue weighted by molar-refractivity contribution is 5.79. The van der Waals surface area contributed by atoms with Gasteiger partial charge in [-0.1, -0.05) is 23.3 Å². The molecule has 1 fully saturated rings. The molecule has 0 radical (unpaired) electrons. The van der Waals surface area contributed by atoms with E-state index in [2.05, 4.69) is 10.0 Å². The number of ether oxygens (including phenoxy) is 1. The van der Waals surface area contributed by atoms with Crippen LogP contribution in [0.4, 0.5) is 0 Å². The third kappa shape index (κ3) is 3.89. The molecule has 1 heterocycles. The fourth-order valence-electron chi connectivity index (χ4n) is 2.53. The van der Waals surface area contributed by atoms with E-state index in [1.165, 1.54) is 0 Å². The van der Waals surface area contributed by atoms with Gasteiger partial charge in [-0.15, -0.1) is 0 Å². The molecule has 2 atom stereocenters. The summed E-state index contributed by atoms with van der Waals surface area (Å²) < 4.78 is 5.80. The molecule has 112 valence electrons. The highest BCUT2D eigenvalue weighted by Crippen LogP contribution is 2.22. The van der Waals surface area contributed by atoms with Crippen LogP contribution in [0.3, 0.4) is 0 Å². The molecule has 2 unspecified atom stereocenters. The Hall–Kier alpha value is -2.20. The summed E-state index contributed by atoms with van der Waals surface area (Å²) in [7, 11) is 0. The Morgan fingerprint density at radius 2 is 2.29 bits per heavy atom. The molecule has 0 spiro atoms. The summed E-state index contributed by atoms with van der Waals surface area (Å²) in [6, 6.07) is 7.84. The SMILES string of the molecule is Cc1ccccc1OCC(C)N1CC(CN=[N+]=[N-])CC1=O. The van der Waals surface area contributed by atoms with E-state index in [1.807, 2.05) is 43.0 Å². The first-order valence-electron chi connectivity index (χ1n) is 7.10. The van der Waals surface area contributed by atoms with Crippen LogP contribution in [0.1, 0.15) is 18.9 Å². The minimum absolute atomic E-state index is 0.00757. The summed E-state index contributed by atoms with van der Waals surface area (Å²) >= 11 is 0. The Morgan fingerprint density at radius 3 is 3.00 bits per heavy atom. The van der Waals surface area contributed by atoms with Gasteiger partial charge >= 0.3 is 0 Å². The normalized spacial score (nSPS) is 19.2. The van der Waals surface area contributed by atoms with Crippen LogP contribution in [-0.2, 0) is 4.79 Å². The first-order valence-corrected chi connectivity index (χ1v) is 7.10. The second kappa shape index (κ2) is 6.99. The third-order valence-corrected chi connectivity index (χ3v) is 3.75. The van der Waals surface area contributed by atoms with Crippen LogP contribution in [0, 0.1) is 12.8 Å². The van der Waals surface area contributed by atoms with Crippen molar-refractivity contribution in [2.75, 3.05) is 19.7 Å². The molecule has 0 aliphatic carbocycles. The molecule has 2 rings (SSSR count). The number of likely N-dealkylation sites (tertiary alicyclic amines) is 1. The molecule has 1 amide bonds. The number of benzene rings is 1. The van der Waals surface area contributed by atoms with Crippen LogP contribution in [0.15, 0.2) is 29.4 Å². The second-order valence-corrected chi connectivity index (χ2v) is 5.46. The van der Waals surface area contributed by atoms with Gasteiger partial charge in [0.05, 0.1) is 6.04 Å². The van der Waals surface area contributed by atoms with E-state index in [4.69, 9.17) is 10.3 Å². The van der Waals surface area contributed by atoms with Crippen molar-refractivity contribution < 1.29 is 9.53 Å². The Bertz CT molecular complexity index is 554. The van der Waals surface area contributed by atoms with Crippen LogP contribution < -0.4 is 4.74 Å². The van der Waals surface area contributed by atoms with Crippen LogP contribution in [0.25, 0.3) is 10.4 Å². The van der Waals surface area contributed by atoms with Gasteiger partial charge in [-0.05, 0) is 36.9 Å². The summed E-state index contributed by atoms with van der Waals surface area (Å²) in [5, 5.41) is 3.56. The largest absolute Gasteiger partial charge is 0.491 e. The van der Waals surface area contributed by atoms with Gasteiger partial charge < -0.3 is 9.64 Å². The lowest BCUT2D eigenvalue weighted by Gasteiger charge is -2.25. The smallest absolute Gasteiger partial charge is 0.223 e. The lowest BCUT2D eigenvalue weighted by Crippen LogP contribution is -2.38. The number of azide groups is 1. The molecule has 1 aliphatic rings. The maximum atomic E-state index is 12.0. The fourth-order valence-corrected chi connectivity index (χ4v) is 2.53. The molecule has 0 bridgehead atoms. The molecule has 0 saturated carbocycles. The molecular weight excluding hydrogens is 268 g/mol. The van der Waals surface area contributed by atoms with Gasteiger partial charge in [-0.3, -0.25) is 4.79 Å². The molecule has 1 aliphatic heterocycles. The van der Waals surface area contributed by atoms with E-state index < -0.39 is 0 Å². The number of nitrogens with zero attached hydrogens (tertiary/aromatic N) is 4. The molecule has 1 aromatic carbocycles. The quantitative estimate of drug-likeness (QED) is 0.458. The molecule has 21 heavy (non-hydrogen) atoms. The maximum Gasteiger partial charge on any atom is 0.223 e. The van der Waals surface area contributed by atoms with Crippen molar-refractivity contribution in [2.24, 2.45) is 11.0 Å². The van der Waals surface area contributed by atoms with Crippen molar-refractivity contribution in [1.29, 1.82) is 0 Å². The molecule has 6 nitrogen and oxygen atoms in total. The summed E-state index contributed by atoms with van der Waals surface area (Å²) in [4.78, 5) is 16.6. The number of hydrogen-bond acceptors (Lipinski definition) is 3. The van der Waals surface area contributed by atoms with Gasteiger partial charge in [0, 0.05) is 24.4 Å². The Balaban J connectivity index is 1.88. The minimum Gasteiger partial charge on any atom is -0.491 e. The number of amides is 1. The fraction of sp³-hybridized carbons (Fsp3) is 0.533. The number of hydrogen-bond donors (Lipinski definition) is 0. The van der Waals surface area contributed by atoms with Gasteiger partial charge in [0.25, 0.3) is 0 Å². The molecule has 0 aromatic heterocycles. The molecule has 6 heteroatoms. The summed E-state index contributed by atoms with van der Waals surface area (Å²) in [5.74, 6) is 1.07. The number of rotatable bonds is 6. The highest BCUT2D eigenvalue weighted by Gasteiger charge is 2.32. The number of carbonyl (C=O) groups excluding carboxylic acids is 1. The Kier molecular flexibility index (Phi) is 5.06. The van der Waals surface area contributed by atoms with E-state index in [0.29, 0.717) is 26.1 Å². The topological polar surface area (TPSA) is 78.3 Å². The van der Waals surface area contributed by atoms with Crippen molar-refractivity contribution in [3.05, 3.63) is 40.3 Å².